The van der Waals surface area contributed by atoms with Gasteiger partial charge in [-0.1, -0.05) is 12.1 Å². The molecule has 0 fully saturated rings. The minimum Gasteiger partial charge on any atom is -0.494 e. The zero-order valence-corrected chi connectivity index (χ0v) is 13.9. The third-order valence-corrected chi connectivity index (χ3v) is 4.27. The highest BCUT2D eigenvalue weighted by Crippen LogP contribution is 2.11. The van der Waals surface area contributed by atoms with Crippen molar-refractivity contribution in [1.29, 1.82) is 0 Å². The monoisotopic (exact) mass is 349 g/mol. The van der Waals surface area contributed by atoms with Gasteiger partial charge in [0.1, 0.15) is 23.5 Å². The summed E-state index contributed by atoms with van der Waals surface area (Å²) in [5.74, 6) is 1.14. The first kappa shape index (κ1) is 17.9. The van der Waals surface area contributed by atoms with E-state index in [2.05, 4.69) is 5.32 Å². The van der Waals surface area contributed by atoms with Crippen LogP contribution in [0.2, 0.25) is 0 Å². The summed E-state index contributed by atoms with van der Waals surface area (Å²) in [6.07, 6.45) is 2.88. The average Bonchev–Trinajstić information content (AvgIpc) is 3.07. The van der Waals surface area contributed by atoms with Crippen molar-refractivity contribution in [3.05, 3.63) is 54.0 Å². The highest BCUT2D eigenvalue weighted by atomic mass is 32.2. The summed E-state index contributed by atoms with van der Waals surface area (Å²) < 4.78 is 22.4. The van der Waals surface area contributed by atoms with Gasteiger partial charge in [0, 0.05) is 22.9 Å². The van der Waals surface area contributed by atoms with Crippen LogP contribution in [0.1, 0.15) is 22.5 Å². The van der Waals surface area contributed by atoms with E-state index in [-0.39, 0.29) is 17.4 Å². The Hall–Kier alpha value is -2.41. The van der Waals surface area contributed by atoms with Gasteiger partial charge >= 0.3 is 0 Å². The Morgan fingerprint density at radius 1 is 1.29 bits per heavy atom. The second-order valence-electron chi connectivity index (χ2n) is 5.05. The summed E-state index contributed by atoms with van der Waals surface area (Å²) >= 11 is 0. The van der Waals surface area contributed by atoms with Crippen molar-refractivity contribution in [2.45, 2.75) is 12.2 Å². The fourth-order valence-electron chi connectivity index (χ4n) is 1.97. The molecule has 1 aromatic heterocycles. The zero-order chi connectivity index (χ0) is 17.2. The van der Waals surface area contributed by atoms with Crippen LogP contribution in [0.3, 0.4) is 0 Å². The number of nitrogens with one attached hydrogen (secondary N) is 1. The van der Waals surface area contributed by atoms with Crippen LogP contribution in [0.25, 0.3) is 0 Å². The van der Waals surface area contributed by atoms with Gasteiger partial charge in [-0.3, -0.25) is 13.8 Å². The lowest BCUT2D eigenvalue weighted by molar-refractivity contribution is -0.118. The van der Waals surface area contributed by atoms with Crippen LogP contribution < -0.4 is 10.1 Å². The number of furan rings is 1. The number of hydrogen-bond acceptors (Lipinski definition) is 5. The summed E-state index contributed by atoms with van der Waals surface area (Å²) in [5.41, 5.74) is 0.555. The molecule has 0 aliphatic rings. The molecule has 1 atom stereocenters. The van der Waals surface area contributed by atoms with Gasteiger partial charge in [-0.25, -0.2) is 0 Å². The highest BCUT2D eigenvalue weighted by molar-refractivity contribution is 7.84. The SMILES string of the molecule is O=Cc1cccc(OCCCNC(=O)CS(=O)Cc2ccco2)c1. The molecule has 0 aliphatic carbocycles. The molecule has 24 heavy (non-hydrogen) atoms. The van der Waals surface area contributed by atoms with Crippen LogP contribution in [0.15, 0.2) is 47.1 Å². The van der Waals surface area contributed by atoms with Crippen LogP contribution >= 0.6 is 0 Å². The number of aldehydes is 1. The minimum atomic E-state index is -1.29. The van der Waals surface area contributed by atoms with E-state index in [0.29, 0.717) is 36.6 Å². The summed E-state index contributed by atoms with van der Waals surface area (Å²) in [6.45, 7) is 0.849. The molecule has 6 nitrogen and oxygen atoms in total. The molecule has 1 aromatic carbocycles. The molecule has 0 radical (unpaired) electrons. The van der Waals surface area contributed by atoms with Gasteiger partial charge in [0.15, 0.2) is 0 Å². The predicted molar refractivity (Wildman–Crippen MR) is 90.4 cm³/mol. The molecule has 128 valence electrons. The van der Waals surface area contributed by atoms with Gasteiger partial charge in [-0.05, 0) is 30.7 Å². The Balaban J connectivity index is 1.58. The molecule has 0 bridgehead atoms. The molecule has 1 heterocycles. The lowest BCUT2D eigenvalue weighted by Gasteiger charge is -2.07. The molecule has 0 aliphatic heterocycles. The Labute approximate surface area is 142 Å². The first-order chi connectivity index (χ1) is 11.7. The van der Waals surface area contributed by atoms with Gasteiger partial charge in [-0.2, -0.15) is 0 Å². The third-order valence-electron chi connectivity index (χ3n) is 3.08. The van der Waals surface area contributed by atoms with Gasteiger partial charge in [-0.15, -0.1) is 0 Å². The standard InChI is InChI=1S/C17H19NO5S/c19-11-14-4-1-5-15(10-14)22-9-3-7-18-17(20)13-24(21)12-16-6-2-8-23-16/h1-2,4-6,8,10-11H,3,7,9,12-13H2,(H,18,20). The quantitative estimate of drug-likeness (QED) is 0.523. The van der Waals surface area contributed by atoms with Crippen molar-refractivity contribution in [3.8, 4) is 5.75 Å². The maximum Gasteiger partial charge on any atom is 0.232 e. The topological polar surface area (TPSA) is 85.6 Å². The highest BCUT2D eigenvalue weighted by Gasteiger charge is 2.09. The number of carbonyl (C=O) groups is 2. The van der Waals surface area contributed by atoms with Crippen molar-refractivity contribution < 1.29 is 23.0 Å². The first-order valence-electron chi connectivity index (χ1n) is 7.49. The van der Waals surface area contributed by atoms with E-state index in [1.54, 1.807) is 36.4 Å². The Bertz CT molecular complexity index is 684. The first-order valence-corrected chi connectivity index (χ1v) is 8.98. The van der Waals surface area contributed by atoms with Gasteiger partial charge < -0.3 is 14.5 Å². The molecule has 7 heteroatoms. The normalized spacial score (nSPS) is 11.7. The molecule has 2 aromatic rings. The molecule has 0 saturated carbocycles. The van der Waals surface area contributed by atoms with E-state index in [0.717, 1.165) is 6.29 Å². The maximum atomic E-state index is 11.8. The Morgan fingerprint density at radius 3 is 2.92 bits per heavy atom. The van der Waals surface area contributed by atoms with Crippen LogP contribution in [0, 0.1) is 0 Å². The average molecular weight is 349 g/mol. The number of benzene rings is 1. The fourth-order valence-corrected chi connectivity index (χ4v) is 2.95. The largest absolute Gasteiger partial charge is 0.494 e. The van der Waals surface area contributed by atoms with E-state index in [1.807, 2.05) is 0 Å². The number of hydrogen-bond donors (Lipinski definition) is 1. The molecule has 1 N–H and O–H groups in total. The van der Waals surface area contributed by atoms with Crippen LogP contribution in [0.5, 0.6) is 5.75 Å². The van der Waals surface area contributed by atoms with Crippen molar-refractivity contribution in [3.63, 3.8) is 0 Å². The summed E-state index contributed by atoms with van der Waals surface area (Å²) in [5, 5.41) is 2.70. The third kappa shape index (κ3) is 6.37. The van der Waals surface area contributed by atoms with Gasteiger partial charge in [0.05, 0.1) is 18.6 Å². The van der Waals surface area contributed by atoms with E-state index < -0.39 is 10.8 Å². The second-order valence-corrected chi connectivity index (χ2v) is 6.51. The molecule has 0 saturated heterocycles. The summed E-state index contributed by atoms with van der Waals surface area (Å²) in [7, 11) is -1.29. The van der Waals surface area contributed by atoms with Gasteiger partial charge in [0.25, 0.3) is 0 Å². The second kappa shape index (κ2) is 9.67. The molecule has 0 spiro atoms. The maximum absolute atomic E-state index is 11.8. The van der Waals surface area contributed by atoms with E-state index in [9.17, 15) is 13.8 Å². The Kier molecular flexibility index (Phi) is 7.22. The fraction of sp³-hybridized carbons (Fsp3) is 0.294. The molecular weight excluding hydrogens is 330 g/mol. The lowest BCUT2D eigenvalue weighted by Crippen LogP contribution is -2.30. The van der Waals surface area contributed by atoms with Crippen molar-refractivity contribution in [2.24, 2.45) is 0 Å². The lowest BCUT2D eigenvalue weighted by atomic mass is 10.2. The zero-order valence-electron chi connectivity index (χ0n) is 13.1. The van der Waals surface area contributed by atoms with Crippen molar-refractivity contribution in [2.75, 3.05) is 18.9 Å². The predicted octanol–water partition coefficient (Wildman–Crippen LogP) is 1.93. The van der Waals surface area contributed by atoms with E-state index >= 15 is 0 Å². The van der Waals surface area contributed by atoms with Crippen LogP contribution in [0.4, 0.5) is 0 Å². The summed E-state index contributed by atoms with van der Waals surface area (Å²) in [4.78, 5) is 22.3. The number of amides is 1. The summed E-state index contributed by atoms with van der Waals surface area (Å²) in [6, 6.07) is 10.3. The molecule has 1 amide bonds. The van der Waals surface area contributed by atoms with Crippen LogP contribution in [-0.4, -0.2) is 35.3 Å². The van der Waals surface area contributed by atoms with Crippen molar-refractivity contribution in [1.82, 2.24) is 5.32 Å². The van der Waals surface area contributed by atoms with Gasteiger partial charge in [0.2, 0.25) is 5.91 Å². The van der Waals surface area contributed by atoms with E-state index in [4.69, 9.17) is 9.15 Å². The number of carbonyl (C=O) groups excluding carboxylic acids is 2. The number of ether oxygens (including phenoxy) is 1. The minimum absolute atomic E-state index is 0.0526. The molecular formula is C17H19NO5S. The number of rotatable bonds is 10. The smallest absolute Gasteiger partial charge is 0.232 e. The molecule has 1 unspecified atom stereocenters. The van der Waals surface area contributed by atoms with Crippen LogP contribution in [-0.2, 0) is 21.3 Å². The van der Waals surface area contributed by atoms with Crippen molar-refractivity contribution >= 4 is 23.0 Å². The van der Waals surface area contributed by atoms with E-state index in [1.165, 1.54) is 6.26 Å². The molecule has 2 rings (SSSR count). The Morgan fingerprint density at radius 2 is 2.17 bits per heavy atom.